The number of aliphatic hydroxyl groups is 7. The van der Waals surface area contributed by atoms with Crippen molar-refractivity contribution in [1.82, 2.24) is 0 Å². The molecule has 9 N–H and O–H groups in total. The van der Waals surface area contributed by atoms with E-state index in [9.17, 15) is 60.3 Å². The fourth-order valence-electron chi connectivity index (χ4n) is 15.5. The van der Waals surface area contributed by atoms with Gasteiger partial charge >= 0.3 is 17.9 Å². The number of aliphatic carboxylic acids is 2. The quantitative estimate of drug-likeness (QED) is 0.0943. The van der Waals surface area contributed by atoms with Gasteiger partial charge in [0.25, 0.3) is 0 Å². The van der Waals surface area contributed by atoms with Gasteiger partial charge in [-0.1, -0.05) is 53.2 Å². The molecule has 378 valence electrons. The standard InChI is InChI=1S/C48H72O19/c1-19-26(49)27(50)32(55)39(61-19)66-36-31(54)29(52)34(38(58)59)65-41(36)67-35-30(53)28(51)33(37(56)57)64-40(35)62-24-12-13-46(6)22(43(24,2)3)11-14-48(8)23(46)10-9-20-21-17-44(4)18-25(63-42(44)60)45(21,5)15-16-47(20,48)7/h9,19,21-36,39-41,49-55H,10-18H2,1-8H3,(H,56,57)(H,58,59)/t19-,21?,22?,23?,24-,25+,26-,27+,28-,29-,30-,31-,32+,33-,34-,35+,36+,39-,40+,41-,44+,45+,46-,47?,48+/m0/s1. The number of rotatable bonds is 8. The van der Waals surface area contributed by atoms with E-state index in [2.05, 4.69) is 54.5 Å². The minimum Gasteiger partial charge on any atom is -0.479 e. The van der Waals surface area contributed by atoms with Gasteiger partial charge in [0.1, 0.15) is 61.0 Å². The molecule has 19 heteroatoms. The fourth-order valence-corrected chi connectivity index (χ4v) is 15.5. The van der Waals surface area contributed by atoms with E-state index in [1.807, 2.05) is 0 Å². The third kappa shape index (κ3) is 7.25. The highest BCUT2D eigenvalue weighted by atomic mass is 16.8. The van der Waals surface area contributed by atoms with Crippen molar-refractivity contribution in [2.75, 3.05) is 0 Å². The van der Waals surface area contributed by atoms with Crippen LogP contribution in [0.2, 0.25) is 0 Å². The Morgan fingerprint density at radius 3 is 1.81 bits per heavy atom. The molecule has 9 rings (SSSR count). The lowest BCUT2D eigenvalue weighted by molar-refractivity contribution is -0.392. The molecule has 4 aliphatic heterocycles. The Morgan fingerprint density at radius 2 is 1.21 bits per heavy atom. The second-order valence-corrected chi connectivity index (χ2v) is 23.6. The van der Waals surface area contributed by atoms with E-state index in [4.69, 9.17) is 33.2 Å². The lowest BCUT2D eigenvalue weighted by atomic mass is 9.33. The van der Waals surface area contributed by atoms with Crippen LogP contribution in [0.3, 0.4) is 0 Å². The van der Waals surface area contributed by atoms with Crippen LogP contribution >= 0.6 is 0 Å². The van der Waals surface area contributed by atoms with E-state index in [0.29, 0.717) is 12.3 Å². The van der Waals surface area contributed by atoms with Crippen molar-refractivity contribution >= 4 is 17.9 Å². The second-order valence-electron chi connectivity index (χ2n) is 23.6. The molecule has 4 unspecified atom stereocenters. The summed E-state index contributed by atoms with van der Waals surface area (Å²) in [5.41, 5.74) is -0.0229. The molecule has 2 bridgehead atoms. The Hall–Kier alpha value is -2.37. The number of carboxylic acid groups (broad SMARTS) is 2. The third-order valence-corrected chi connectivity index (χ3v) is 19.8. The average Bonchev–Trinajstić information content (AvgIpc) is 3.52. The Balaban J connectivity index is 0.985. The van der Waals surface area contributed by atoms with Crippen LogP contribution in [0.4, 0.5) is 0 Å². The number of hydrogen-bond donors (Lipinski definition) is 9. The highest BCUT2D eigenvalue weighted by molar-refractivity contribution is 5.79. The zero-order valence-corrected chi connectivity index (χ0v) is 39.6. The average molecular weight is 953 g/mol. The van der Waals surface area contributed by atoms with Crippen molar-refractivity contribution in [3.05, 3.63) is 11.6 Å². The van der Waals surface area contributed by atoms with E-state index < -0.39 is 121 Å². The zero-order chi connectivity index (χ0) is 48.9. The van der Waals surface area contributed by atoms with Crippen LogP contribution in [0, 0.1) is 50.2 Å². The van der Waals surface area contributed by atoms with Crippen LogP contribution < -0.4 is 0 Å². The van der Waals surface area contributed by atoms with Crippen LogP contribution in [0.1, 0.15) is 113 Å². The normalized spacial score (nSPS) is 55.7. The van der Waals surface area contributed by atoms with Crippen molar-refractivity contribution in [3.8, 4) is 0 Å². The van der Waals surface area contributed by atoms with Crippen molar-refractivity contribution in [2.45, 2.75) is 218 Å². The predicted molar refractivity (Wildman–Crippen MR) is 228 cm³/mol. The van der Waals surface area contributed by atoms with E-state index in [-0.39, 0.29) is 45.6 Å². The molecule has 67 heavy (non-hydrogen) atoms. The molecule has 5 aliphatic carbocycles. The Labute approximate surface area is 390 Å². The van der Waals surface area contributed by atoms with E-state index in [1.54, 1.807) is 0 Å². The minimum absolute atomic E-state index is 0.0602. The van der Waals surface area contributed by atoms with E-state index in [1.165, 1.54) is 12.5 Å². The summed E-state index contributed by atoms with van der Waals surface area (Å²) in [6.45, 7) is 17.3. The molecule has 0 spiro atoms. The Kier molecular flexibility index (Phi) is 12.3. The van der Waals surface area contributed by atoms with Crippen LogP contribution in [0.15, 0.2) is 11.6 Å². The van der Waals surface area contributed by atoms with Gasteiger partial charge in [0.05, 0.1) is 17.6 Å². The summed E-state index contributed by atoms with van der Waals surface area (Å²) in [5.74, 6) is -2.74. The van der Waals surface area contributed by atoms with Crippen LogP contribution in [0.5, 0.6) is 0 Å². The Morgan fingerprint density at radius 1 is 0.627 bits per heavy atom. The number of carbonyl (C=O) groups excluding carboxylic acids is 1. The first-order chi connectivity index (χ1) is 31.1. The van der Waals surface area contributed by atoms with Gasteiger partial charge in [-0.2, -0.15) is 0 Å². The van der Waals surface area contributed by atoms with Crippen molar-refractivity contribution in [1.29, 1.82) is 0 Å². The maximum Gasteiger partial charge on any atom is 0.335 e. The van der Waals surface area contributed by atoms with Gasteiger partial charge in [0.15, 0.2) is 31.1 Å². The molecule has 0 aromatic rings. The van der Waals surface area contributed by atoms with Crippen molar-refractivity contribution < 1.29 is 93.5 Å². The van der Waals surface area contributed by atoms with E-state index in [0.717, 1.165) is 51.4 Å². The number of hydrogen-bond acceptors (Lipinski definition) is 17. The van der Waals surface area contributed by atoms with E-state index >= 15 is 0 Å². The number of allylic oxidation sites excluding steroid dienone is 2. The number of aliphatic hydroxyl groups excluding tert-OH is 7. The highest BCUT2D eigenvalue weighted by Crippen LogP contribution is 2.76. The zero-order valence-electron chi connectivity index (χ0n) is 39.6. The number of ether oxygens (including phenoxy) is 7. The molecule has 25 atom stereocenters. The maximum atomic E-state index is 13.2. The maximum absolute atomic E-state index is 13.2. The molecule has 0 radical (unpaired) electrons. The molecule has 4 saturated heterocycles. The summed E-state index contributed by atoms with van der Waals surface area (Å²) in [6.07, 6.45) is -18.9. The molecule has 4 heterocycles. The predicted octanol–water partition coefficient (Wildman–Crippen LogP) is 1.37. The number of carbonyl (C=O) groups is 3. The lowest BCUT2D eigenvalue weighted by Gasteiger charge is -2.71. The van der Waals surface area contributed by atoms with Gasteiger partial charge in [-0.25, -0.2) is 9.59 Å². The second kappa shape index (κ2) is 16.6. The summed E-state index contributed by atoms with van der Waals surface area (Å²) in [6, 6.07) is 0. The van der Waals surface area contributed by atoms with Gasteiger partial charge < -0.3 is 79.1 Å². The Bertz CT molecular complexity index is 2000. The molecule has 0 aromatic carbocycles. The van der Waals surface area contributed by atoms with Gasteiger partial charge in [-0.05, 0) is 105 Å². The summed E-state index contributed by atoms with van der Waals surface area (Å²) >= 11 is 0. The molecule has 0 aromatic heterocycles. The first-order valence-corrected chi connectivity index (χ1v) is 24.2. The van der Waals surface area contributed by atoms with Crippen LogP contribution in [0.25, 0.3) is 0 Å². The molecule has 9 aliphatic rings. The lowest BCUT2D eigenvalue weighted by Crippen LogP contribution is -2.68. The summed E-state index contributed by atoms with van der Waals surface area (Å²) in [7, 11) is 0. The van der Waals surface area contributed by atoms with Crippen LogP contribution in [-0.4, -0.2) is 168 Å². The smallest absolute Gasteiger partial charge is 0.335 e. The molecular weight excluding hydrogens is 881 g/mol. The SMILES string of the molecule is C[C@@H]1O[C@@H](O[C@H]2[C@H](O[C@H]3[C@H](O[C@H]4CC[C@@]5(C)C(CC[C@]6(C)C5CC=C5C7C[C@]8(C)C[C@@H](OC8=O)[C@]7(C)CCC56C)C4(C)C)O[C@H](C(=O)O)[C@@H](O)[C@@H]3O)O[C@H](C(=O)O)[C@@H](O)[C@@H]2O)[C@H](O)[C@H](O)[C@H]1O. The number of fused-ring (bicyclic) bond motifs is 10. The largest absolute Gasteiger partial charge is 0.479 e. The van der Waals surface area contributed by atoms with Crippen molar-refractivity contribution in [2.24, 2.45) is 50.2 Å². The topological polar surface area (TPSA) is 298 Å². The number of carboxylic acids is 2. The van der Waals surface area contributed by atoms with Gasteiger partial charge in [-0.3, -0.25) is 4.79 Å². The molecular formula is C48H72O19. The monoisotopic (exact) mass is 952 g/mol. The summed E-state index contributed by atoms with van der Waals surface area (Å²) in [4.78, 5) is 37.9. The van der Waals surface area contributed by atoms with Crippen molar-refractivity contribution in [3.63, 3.8) is 0 Å². The van der Waals surface area contributed by atoms with Gasteiger partial charge in [0, 0.05) is 11.8 Å². The summed E-state index contributed by atoms with van der Waals surface area (Å²) < 4.78 is 41.9. The molecule has 0 amide bonds. The summed E-state index contributed by atoms with van der Waals surface area (Å²) in [5, 5.41) is 96.4. The first-order valence-electron chi connectivity index (χ1n) is 24.2. The van der Waals surface area contributed by atoms with Crippen LogP contribution in [-0.2, 0) is 47.5 Å². The molecule has 8 fully saturated rings. The first kappa shape index (κ1) is 49.6. The number of esters is 1. The fraction of sp³-hybridized carbons (Fsp3) is 0.896. The van der Waals surface area contributed by atoms with Gasteiger partial charge in [0.2, 0.25) is 0 Å². The minimum atomic E-state index is -2.13. The molecule has 19 nitrogen and oxygen atoms in total. The highest BCUT2D eigenvalue weighted by Gasteiger charge is 2.71. The van der Waals surface area contributed by atoms with Gasteiger partial charge in [-0.15, -0.1) is 0 Å². The third-order valence-electron chi connectivity index (χ3n) is 19.8. The molecule has 4 saturated carbocycles.